The van der Waals surface area contributed by atoms with E-state index in [1.54, 1.807) is 36.4 Å². The molecule has 0 fully saturated rings. The number of ether oxygens (including phenoxy) is 2. The van der Waals surface area contributed by atoms with Crippen LogP contribution >= 0.6 is 11.6 Å². The predicted octanol–water partition coefficient (Wildman–Crippen LogP) is 4.37. The number of carbonyl (C=O) groups excluding carboxylic acids is 1. The number of esters is 1. The molecule has 0 radical (unpaired) electrons. The Morgan fingerprint density at radius 2 is 1.88 bits per heavy atom. The molecule has 0 atom stereocenters. The van der Waals surface area contributed by atoms with Gasteiger partial charge in [-0.05, 0) is 35.7 Å². The smallest absolute Gasteiger partial charge is 0.337 e. The number of rotatable bonds is 5. The third-order valence-corrected chi connectivity index (χ3v) is 4.33. The maximum atomic E-state index is 11.7. The van der Waals surface area contributed by atoms with Gasteiger partial charge in [0.15, 0.2) is 0 Å². The Balaban J connectivity index is 1.84. The van der Waals surface area contributed by atoms with Gasteiger partial charge in [0.25, 0.3) is 0 Å². The summed E-state index contributed by atoms with van der Waals surface area (Å²) in [7, 11) is 1.34. The van der Waals surface area contributed by atoms with Crippen molar-refractivity contribution in [2.24, 2.45) is 0 Å². The lowest BCUT2D eigenvalue weighted by Gasteiger charge is -2.11. The van der Waals surface area contributed by atoms with Crippen molar-refractivity contribution in [3.8, 4) is 5.75 Å². The van der Waals surface area contributed by atoms with Gasteiger partial charge in [-0.1, -0.05) is 30.7 Å². The standard InChI is InChI=1S/C20H17ClO5/c1-3-13-8-19(22)26-17-10-18(16(21)9-15(13)17)25-11-12-4-6-14(7-5-12)20(23)24-2/h4-10H,3,11H2,1-2H3. The van der Waals surface area contributed by atoms with E-state index < -0.39 is 11.6 Å². The van der Waals surface area contributed by atoms with Gasteiger partial charge in [-0.3, -0.25) is 0 Å². The molecule has 134 valence electrons. The molecule has 2 aromatic carbocycles. The molecule has 5 nitrogen and oxygen atoms in total. The number of halogens is 1. The lowest BCUT2D eigenvalue weighted by Crippen LogP contribution is -2.02. The van der Waals surface area contributed by atoms with Crippen molar-refractivity contribution in [2.45, 2.75) is 20.0 Å². The highest BCUT2D eigenvalue weighted by molar-refractivity contribution is 6.32. The normalized spacial score (nSPS) is 10.7. The summed E-state index contributed by atoms with van der Waals surface area (Å²) in [4.78, 5) is 23.1. The Labute approximate surface area is 155 Å². The van der Waals surface area contributed by atoms with Crippen LogP contribution in [0.5, 0.6) is 5.75 Å². The van der Waals surface area contributed by atoms with Crippen LogP contribution in [-0.4, -0.2) is 13.1 Å². The van der Waals surface area contributed by atoms with Gasteiger partial charge in [0, 0.05) is 17.5 Å². The number of benzene rings is 2. The molecule has 0 aliphatic heterocycles. The number of methoxy groups -OCH3 is 1. The quantitative estimate of drug-likeness (QED) is 0.491. The molecule has 0 bridgehead atoms. The molecule has 3 aromatic rings. The highest BCUT2D eigenvalue weighted by Gasteiger charge is 2.11. The second kappa shape index (κ2) is 7.62. The van der Waals surface area contributed by atoms with E-state index in [0.717, 1.165) is 16.5 Å². The molecular weight excluding hydrogens is 356 g/mol. The number of carbonyl (C=O) groups is 1. The van der Waals surface area contributed by atoms with Gasteiger partial charge in [-0.25, -0.2) is 9.59 Å². The van der Waals surface area contributed by atoms with Gasteiger partial charge in [0.2, 0.25) is 0 Å². The molecule has 0 saturated carbocycles. The topological polar surface area (TPSA) is 65.7 Å². The molecule has 0 spiro atoms. The molecule has 0 aliphatic rings. The van der Waals surface area contributed by atoms with E-state index >= 15 is 0 Å². The number of fused-ring (bicyclic) bond motifs is 1. The average molecular weight is 373 g/mol. The Hall–Kier alpha value is -2.79. The fourth-order valence-electron chi connectivity index (χ4n) is 2.65. The third-order valence-electron chi connectivity index (χ3n) is 4.03. The lowest BCUT2D eigenvalue weighted by molar-refractivity contribution is 0.0600. The molecule has 0 saturated heterocycles. The van der Waals surface area contributed by atoms with E-state index in [2.05, 4.69) is 4.74 Å². The summed E-state index contributed by atoms with van der Waals surface area (Å²) in [5.74, 6) is 0.0319. The molecule has 3 rings (SSSR count). The van der Waals surface area contributed by atoms with Gasteiger partial charge >= 0.3 is 11.6 Å². The van der Waals surface area contributed by atoms with Crippen LogP contribution < -0.4 is 10.4 Å². The van der Waals surface area contributed by atoms with Crippen molar-refractivity contribution in [1.82, 2.24) is 0 Å². The fraction of sp³-hybridized carbons (Fsp3) is 0.200. The van der Waals surface area contributed by atoms with Crippen LogP contribution in [0.3, 0.4) is 0 Å². The molecule has 0 N–H and O–H groups in total. The monoisotopic (exact) mass is 372 g/mol. The average Bonchev–Trinajstić information content (AvgIpc) is 2.66. The lowest BCUT2D eigenvalue weighted by atomic mass is 10.1. The first kappa shape index (κ1) is 18.0. The highest BCUT2D eigenvalue weighted by Crippen LogP contribution is 2.32. The summed E-state index contributed by atoms with van der Waals surface area (Å²) < 4.78 is 15.7. The van der Waals surface area contributed by atoms with Crippen molar-refractivity contribution in [3.63, 3.8) is 0 Å². The summed E-state index contributed by atoms with van der Waals surface area (Å²) in [6, 6.07) is 11.7. The number of aryl methyl sites for hydroxylation is 1. The largest absolute Gasteiger partial charge is 0.487 e. The third kappa shape index (κ3) is 3.73. The van der Waals surface area contributed by atoms with Gasteiger partial charge < -0.3 is 13.9 Å². The Morgan fingerprint density at radius 3 is 2.54 bits per heavy atom. The van der Waals surface area contributed by atoms with E-state index in [9.17, 15) is 9.59 Å². The van der Waals surface area contributed by atoms with Gasteiger partial charge in [-0.2, -0.15) is 0 Å². The first-order valence-corrected chi connectivity index (χ1v) is 8.46. The zero-order chi connectivity index (χ0) is 18.7. The highest BCUT2D eigenvalue weighted by atomic mass is 35.5. The van der Waals surface area contributed by atoms with Crippen molar-refractivity contribution < 1.29 is 18.7 Å². The van der Waals surface area contributed by atoms with Crippen LogP contribution in [0.4, 0.5) is 0 Å². The Morgan fingerprint density at radius 1 is 1.15 bits per heavy atom. The van der Waals surface area contributed by atoms with Crippen LogP contribution in [0.15, 0.2) is 51.7 Å². The molecule has 1 aromatic heterocycles. The van der Waals surface area contributed by atoms with Crippen molar-refractivity contribution in [2.75, 3.05) is 7.11 Å². The SMILES string of the molecule is CCc1cc(=O)oc2cc(OCc3ccc(C(=O)OC)cc3)c(Cl)cc12. The summed E-state index contributed by atoms with van der Waals surface area (Å²) in [6.45, 7) is 2.22. The number of hydrogen-bond acceptors (Lipinski definition) is 5. The van der Waals surface area contributed by atoms with Crippen molar-refractivity contribution in [1.29, 1.82) is 0 Å². The van der Waals surface area contributed by atoms with Crippen LogP contribution in [0, 0.1) is 0 Å². The second-order valence-corrected chi connectivity index (χ2v) is 6.11. The minimum Gasteiger partial charge on any atom is -0.487 e. The minimum atomic E-state index is -0.402. The van der Waals surface area contributed by atoms with Crippen LogP contribution in [-0.2, 0) is 17.8 Å². The zero-order valence-corrected chi connectivity index (χ0v) is 15.1. The summed E-state index contributed by atoms with van der Waals surface area (Å²) >= 11 is 6.32. The van der Waals surface area contributed by atoms with Crippen LogP contribution in [0.1, 0.15) is 28.4 Å². The van der Waals surface area contributed by atoms with Crippen molar-refractivity contribution >= 4 is 28.5 Å². The summed E-state index contributed by atoms with van der Waals surface area (Å²) in [6.07, 6.45) is 0.700. The zero-order valence-electron chi connectivity index (χ0n) is 14.4. The molecule has 6 heteroatoms. The van der Waals surface area contributed by atoms with E-state index in [1.807, 2.05) is 6.92 Å². The maximum Gasteiger partial charge on any atom is 0.337 e. The predicted molar refractivity (Wildman–Crippen MR) is 99.0 cm³/mol. The van der Waals surface area contributed by atoms with E-state index in [4.69, 9.17) is 20.8 Å². The van der Waals surface area contributed by atoms with Crippen LogP contribution in [0.25, 0.3) is 11.0 Å². The van der Waals surface area contributed by atoms with Gasteiger partial charge in [0.05, 0.1) is 17.7 Å². The molecule has 26 heavy (non-hydrogen) atoms. The minimum absolute atomic E-state index is 0.254. The molecule has 0 aliphatic carbocycles. The molecular formula is C20H17ClO5. The fourth-order valence-corrected chi connectivity index (χ4v) is 2.87. The summed E-state index contributed by atoms with van der Waals surface area (Å²) in [5, 5.41) is 1.24. The molecule has 0 unspecified atom stereocenters. The van der Waals surface area contributed by atoms with Crippen LogP contribution in [0.2, 0.25) is 5.02 Å². The number of hydrogen-bond donors (Lipinski definition) is 0. The Bertz CT molecular complexity index is 1010. The first-order valence-electron chi connectivity index (χ1n) is 8.08. The Kier molecular flexibility index (Phi) is 5.28. The van der Waals surface area contributed by atoms with Gasteiger partial charge in [0.1, 0.15) is 17.9 Å². The second-order valence-electron chi connectivity index (χ2n) is 5.70. The van der Waals surface area contributed by atoms with E-state index in [1.165, 1.54) is 13.2 Å². The molecule has 0 amide bonds. The van der Waals surface area contributed by atoms with Gasteiger partial charge in [-0.15, -0.1) is 0 Å². The molecule has 1 heterocycles. The van der Waals surface area contributed by atoms with Crippen molar-refractivity contribution in [3.05, 3.63) is 74.6 Å². The van der Waals surface area contributed by atoms with E-state index in [-0.39, 0.29) is 6.61 Å². The first-order chi connectivity index (χ1) is 12.5. The summed E-state index contributed by atoms with van der Waals surface area (Å²) in [5.41, 5.74) is 2.24. The maximum absolute atomic E-state index is 11.7. The van der Waals surface area contributed by atoms with E-state index in [0.29, 0.717) is 28.3 Å².